The minimum absolute atomic E-state index is 0.0596. The van der Waals surface area contributed by atoms with E-state index in [1.54, 1.807) is 13.1 Å². The lowest BCUT2D eigenvalue weighted by molar-refractivity contribution is -0.142. The summed E-state index contributed by atoms with van der Waals surface area (Å²) in [5.41, 5.74) is 12.4. The van der Waals surface area contributed by atoms with Gasteiger partial charge in [-0.2, -0.15) is 0 Å². The van der Waals surface area contributed by atoms with Crippen LogP contribution in [0, 0.1) is 5.92 Å². The number of fused-ring (bicyclic) bond motifs is 1. The molecule has 41 heavy (non-hydrogen) atoms. The fraction of sp³-hybridized carbons (Fsp3) is 0.536. The predicted octanol–water partition coefficient (Wildman–Crippen LogP) is 0.101. The van der Waals surface area contributed by atoms with Crippen LogP contribution in [0.3, 0.4) is 0 Å². The number of aromatic nitrogens is 1. The summed E-state index contributed by atoms with van der Waals surface area (Å²) >= 11 is 0. The van der Waals surface area contributed by atoms with Gasteiger partial charge in [-0.1, -0.05) is 38.5 Å². The lowest BCUT2D eigenvalue weighted by atomic mass is 9.96. The SMILES string of the molecule is CCC(C)C(NC(=O)C(CCCN=C(N)N)NC(=O)C1CCCN1)C(=O)NC(Cc1c[nH]c2ccccc12)C(=O)O. The second-order valence-electron chi connectivity index (χ2n) is 10.5. The Kier molecular flexibility index (Phi) is 11.5. The molecule has 5 atom stereocenters. The number of guanidine groups is 1. The molecule has 0 spiro atoms. The highest BCUT2D eigenvalue weighted by Crippen LogP contribution is 2.19. The van der Waals surface area contributed by atoms with Crippen LogP contribution in [0.4, 0.5) is 0 Å². The number of hydrogen-bond acceptors (Lipinski definition) is 6. The van der Waals surface area contributed by atoms with Gasteiger partial charge in [-0.15, -0.1) is 0 Å². The van der Waals surface area contributed by atoms with E-state index in [-0.39, 0.29) is 37.2 Å². The third kappa shape index (κ3) is 8.93. The average molecular weight is 571 g/mol. The Balaban J connectivity index is 1.73. The van der Waals surface area contributed by atoms with Crippen molar-refractivity contribution in [2.45, 2.75) is 76.5 Å². The van der Waals surface area contributed by atoms with Crippen LogP contribution >= 0.6 is 0 Å². The molecule has 10 N–H and O–H groups in total. The highest BCUT2D eigenvalue weighted by molar-refractivity contribution is 5.94. The molecule has 1 aliphatic rings. The number of rotatable bonds is 15. The van der Waals surface area contributed by atoms with Gasteiger partial charge in [0, 0.05) is 30.1 Å². The van der Waals surface area contributed by atoms with Crippen LogP contribution in [0.5, 0.6) is 0 Å². The molecular weight excluding hydrogens is 528 g/mol. The highest BCUT2D eigenvalue weighted by Gasteiger charge is 2.33. The minimum Gasteiger partial charge on any atom is -0.480 e. The van der Waals surface area contributed by atoms with Gasteiger partial charge in [0.05, 0.1) is 6.04 Å². The number of carbonyl (C=O) groups excluding carboxylic acids is 3. The van der Waals surface area contributed by atoms with E-state index in [9.17, 15) is 24.3 Å². The molecule has 0 saturated carbocycles. The molecule has 1 fully saturated rings. The number of carboxylic acids is 1. The summed E-state index contributed by atoms with van der Waals surface area (Å²) in [7, 11) is 0. The number of carbonyl (C=O) groups is 4. The summed E-state index contributed by atoms with van der Waals surface area (Å²) in [6, 6.07) is 3.95. The molecule has 13 heteroatoms. The van der Waals surface area contributed by atoms with E-state index in [0.717, 1.165) is 29.4 Å². The summed E-state index contributed by atoms with van der Waals surface area (Å²) in [4.78, 5) is 58.9. The number of para-hydroxylation sites is 1. The zero-order valence-electron chi connectivity index (χ0n) is 23.6. The number of H-pyrrole nitrogens is 1. The van der Waals surface area contributed by atoms with E-state index in [2.05, 4.69) is 31.2 Å². The summed E-state index contributed by atoms with van der Waals surface area (Å²) < 4.78 is 0. The van der Waals surface area contributed by atoms with E-state index in [0.29, 0.717) is 19.3 Å². The van der Waals surface area contributed by atoms with Crippen molar-refractivity contribution >= 4 is 40.6 Å². The molecule has 2 aromatic rings. The first-order valence-electron chi connectivity index (χ1n) is 14.1. The van der Waals surface area contributed by atoms with Crippen molar-refractivity contribution in [3.63, 3.8) is 0 Å². The molecule has 1 saturated heterocycles. The molecule has 224 valence electrons. The normalized spacial score (nSPS) is 17.7. The number of aromatic amines is 1. The fourth-order valence-electron chi connectivity index (χ4n) is 4.89. The van der Waals surface area contributed by atoms with Crippen LogP contribution in [-0.4, -0.2) is 77.0 Å². The molecule has 13 nitrogen and oxygen atoms in total. The fourth-order valence-corrected chi connectivity index (χ4v) is 4.89. The monoisotopic (exact) mass is 570 g/mol. The third-order valence-electron chi connectivity index (χ3n) is 7.46. The molecule has 3 amide bonds. The molecule has 0 bridgehead atoms. The average Bonchev–Trinajstić information content (AvgIpc) is 3.63. The number of nitrogens with one attached hydrogen (secondary N) is 5. The maximum atomic E-state index is 13.4. The Morgan fingerprint density at radius 3 is 2.51 bits per heavy atom. The van der Waals surface area contributed by atoms with Gasteiger partial charge in [-0.25, -0.2) is 4.79 Å². The molecule has 1 aromatic carbocycles. The molecule has 2 heterocycles. The van der Waals surface area contributed by atoms with Gasteiger partial charge >= 0.3 is 5.97 Å². The zero-order valence-corrected chi connectivity index (χ0v) is 23.6. The van der Waals surface area contributed by atoms with Gasteiger partial charge in [-0.3, -0.25) is 19.4 Å². The highest BCUT2D eigenvalue weighted by atomic mass is 16.4. The summed E-state index contributed by atoms with van der Waals surface area (Å²) in [5, 5.41) is 22.1. The van der Waals surface area contributed by atoms with Gasteiger partial charge in [0.2, 0.25) is 17.7 Å². The standard InChI is InChI=1S/C28H42N8O5/c1-3-16(2)23(26(39)35-22(27(40)41)14-17-15-33-19-9-5-4-8-18(17)19)36-25(38)21(11-7-13-32-28(29)30)34-24(37)20-10-6-12-31-20/h4-5,8-9,15-16,20-23,31,33H,3,6-7,10-14H2,1-2H3,(H,34,37)(H,35,39)(H,36,38)(H,40,41)(H4,29,30,32). The van der Waals surface area contributed by atoms with E-state index in [1.165, 1.54) is 0 Å². The van der Waals surface area contributed by atoms with Gasteiger partial charge < -0.3 is 42.8 Å². The molecule has 1 aliphatic heterocycles. The van der Waals surface area contributed by atoms with E-state index >= 15 is 0 Å². The van der Waals surface area contributed by atoms with Crippen LogP contribution in [0.25, 0.3) is 10.9 Å². The quantitative estimate of drug-likeness (QED) is 0.0832. The Labute approximate surface area is 239 Å². The molecule has 3 rings (SSSR count). The van der Waals surface area contributed by atoms with Crippen LogP contribution in [-0.2, 0) is 25.6 Å². The first-order chi connectivity index (χ1) is 19.6. The van der Waals surface area contributed by atoms with Gasteiger partial charge in [0.1, 0.15) is 18.1 Å². The first kappa shape index (κ1) is 31.4. The van der Waals surface area contributed by atoms with Crippen LogP contribution in [0.1, 0.15) is 51.5 Å². The lowest BCUT2D eigenvalue weighted by Gasteiger charge is -2.28. The summed E-state index contributed by atoms with van der Waals surface area (Å²) in [6.07, 6.45) is 4.53. The van der Waals surface area contributed by atoms with Crippen molar-refractivity contribution in [3.05, 3.63) is 36.0 Å². The van der Waals surface area contributed by atoms with Gasteiger partial charge in [0.25, 0.3) is 0 Å². The number of hydrogen-bond donors (Lipinski definition) is 8. The number of aliphatic carboxylic acids is 1. The Morgan fingerprint density at radius 2 is 1.85 bits per heavy atom. The molecule has 1 aromatic heterocycles. The van der Waals surface area contributed by atoms with E-state index in [1.807, 2.05) is 31.2 Å². The van der Waals surface area contributed by atoms with Gasteiger partial charge in [0.15, 0.2) is 5.96 Å². The van der Waals surface area contributed by atoms with Crippen molar-refractivity contribution in [1.82, 2.24) is 26.3 Å². The predicted molar refractivity (Wildman–Crippen MR) is 156 cm³/mol. The van der Waals surface area contributed by atoms with Crippen LogP contribution < -0.4 is 32.7 Å². The summed E-state index contributed by atoms with van der Waals surface area (Å²) in [5.74, 6) is -3.01. The molecular formula is C28H42N8O5. The van der Waals surface area contributed by atoms with E-state index < -0.39 is 42.0 Å². The molecule has 0 radical (unpaired) electrons. The number of nitrogens with two attached hydrogens (primary N) is 2. The maximum Gasteiger partial charge on any atom is 0.326 e. The Morgan fingerprint density at radius 1 is 1.10 bits per heavy atom. The van der Waals surface area contributed by atoms with Crippen molar-refractivity contribution in [2.24, 2.45) is 22.4 Å². The second-order valence-corrected chi connectivity index (χ2v) is 10.5. The van der Waals surface area contributed by atoms with E-state index in [4.69, 9.17) is 11.5 Å². The van der Waals surface area contributed by atoms with Crippen LogP contribution in [0.2, 0.25) is 0 Å². The van der Waals surface area contributed by atoms with Gasteiger partial charge in [-0.05, 0) is 49.8 Å². The first-order valence-corrected chi connectivity index (χ1v) is 14.1. The van der Waals surface area contributed by atoms with Crippen molar-refractivity contribution < 1.29 is 24.3 Å². The molecule has 5 unspecified atom stereocenters. The van der Waals surface area contributed by atoms with Crippen molar-refractivity contribution in [2.75, 3.05) is 13.1 Å². The Hall–Kier alpha value is -4.13. The third-order valence-corrected chi connectivity index (χ3v) is 7.46. The zero-order chi connectivity index (χ0) is 29.9. The largest absolute Gasteiger partial charge is 0.480 e. The van der Waals surface area contributed by atoms with Crippen molar-refractivity contribution in [3.8, 4) is 0 Å². The van der Waals surface area contributed by atoms with Crippen molar-refractivity contribution in [1.29, 1.82) is 0 Å². The number of amides is 3. The number of aliphatic imine (C=N–C) groups is 1. The number of nitrogens with zero attached hydrogens (tertiary/aromatic N) is 1. The number of benzene rings is 1. The molecule has 0 aliphatic carbocycles. The number of carboxylic acid groups (broad SMARTS) is 1. The second kappa shape index (κ2) is 15.0. The maximum absolute atomic E-state index is 13.4. The summed E-state index contributed by atoms with van der Waals surface area (Å²) in [6.45, 7) is 4.67. The Bertz CT molecular complexity index is 1240. The minimum atomic E-state index is -1.21. The lowest BCUT2D eigenvalue weighted by Crippen LogP contribution is -2.58. The topological polar surface area (TPSA) is 217 Å². The van der Waals surface area contributed by atoms with Crippen LogP contribution in [0.15, 0.2) is 35.5 Å². The smallest absolute Gasteiger partial charge is 0.326 e.